The Morgan fingerprint density at radius 3 is 2.80 bits per heavy atom. The maximum absolute atomic E-state index is 5.75. The fourth-order valence-corrected chi connectivity index (χ4v) is 2.07. The molecule has 0 heterocycles. The van der Waals surface area contributed by atoms with E-state index in [0.717, 1.165) is 5.75 Å². The second kappa shape index (κ2) is 5.82. The van der Waals surface area contributed by atoms with E-state index in [1.165, 1.54) is 23.6 Å². The lowest BCUT2D eigenvalue weighted by atomic mass is 10.1. The molecule has 0 aromatic heterocycles. The summed E-state index contributed by atoms with van der Waals surface area (Å²) < 4.78 is 5.69. The van der Waals surface area contributed by atoms with Crippen molar-refractivity contribution in [3.8, 4) is 5.75 Å². The number of benzene rings is 2. The van der Waals surface area contributed by atoms with Crippen LogP contribution in [0.15, 0.2) is 47.5 Å². The zero-order valence-corrected chi connectivity index (χ0v) is 11.4. The monoisotopic (exact) mass is 269 g/mol. The first-order valence-electron chi connectivity index (χ1n) is 6.99. The van der Waals surface area contributed by atoms with Gasteiger partial charge in [-0.05, 0) is 35.7 Å². The molecule has 2 aromatic rings. The van der Waals surface area contributed by atoms with Gasteiger partial charge in [0.1, 0.15) is 12.4 Å². The van der Waals surface area contributed by atoms with Crippen LogP contribution in [0, 0.1) is 0 Å². The first-order valence-corrected chi connectivity index (χ1v) is 6.99. The molecule has 0 unspecified atom stereocenters. The summed E-state index contributed by atoms with van der Waals surface area (Å²) in [6, 6.07) is 14.9. The van der Waals surface area contributed by atoms with E-state index in [-0.39, 0.29) is 0 Å². The van der Waals surface area contributed by atoms with Crippen molar-refractivity contribution >= 4 is 16.7 Å². The molecule has 0 aliphatic heterocycles. The van der Waals surface area contributed by atoms with Crippen LogP contribution < -0.4 is 15.8 Å². The van der Waals surface area contributed by atoms with Gasteiger partial charge in [-0.15, -0.1) is 0 Å². The smallest absolute Gasteiger partial charge is 0.188 e. The maximum Gasteiger partial charge on any atom is 0.188 e. The van der Waals surface area contributed by atoms with Gasteiger partial charge in [-0.3, -0.25) is 0 Å². The number of fused-ring (bicyclic) bond motifs is 1. The van der Waals surface area contributed by atoms with Crippen LogP contribution in [-0.2, 0) is 0 Å². The minimum Gasteiger partial charge on any atom is -0.492 e. The highest BCUT2D eigenvalue weighted by Crippen LogP contribution is 2.20. The van der Waals surface area contributed by atoms with E-state index in [1.807, 2.05) is 24.3 Å². The third-order valence-electron chi connectivity index (χ3n) is 3.29. The van der Waals surface area contributed by atoms with E-state index < -0.39 is 0 Å². The summed E-state index contributed by atoms with van der Waals surface area (Å²) in [6.45, 7) is 1.10. The highest BCUT2D eigenvalue weighted by molar-refractivity contribution is 5.83. The van der Waals surface area contributed by atoms with Crippen molar-refractivity contribution < 1.29 is 4.74 Å². The molecule has 104 valence electrons. The number of nitrogens with zero attached hydrogens (tertiary/aromatic N) is 1. The summed E-state index contributed by atoms with van der Waals surface area (Å²) in [5.41, 5.74) is 5.75. The van der Waals surface area contributed by atoms with E-state index in [0.29, 0.717) is 25.2 Å². The zero-order chi connectivity index (χ0) is 13.8. The first-order chi connectivity index (χ1) is 9.81. The average molecular weight is 269 g/mol. The average Bonchev–Trinajstić information content (AvgIpc) is 3.27. The standard InChI is InChI=1S/C16H19N3O/c17-16(19-14-6-7-14)18-9-10-20-15-8-5-12-3-1-2-4-13(12)11-15/h1-5,8,11,14H,6-7,9-10H2,(H3,17,18,19). The van der Waals surface area contributed by atoms with Gasteiger partial charge in [0.05, 0.1) is 6.54 Å². The third-order valence-corrected chi connectivity index (χ3v) is 3.29. The Bertz CT molecular complexity index is 620. The van der Waals surface area contributed by atoms with Crippen molar-refractivity contribution in [3.05, 3.63) is 42.5 Å². The Labute approximate surface area is 118 Å². The molecule has 1 aliphatic carbocycles. The third kappa shape index (κ3) is 3.41. The Morgan fingerprint density at radius 1 is 1.20 bits per heavy atom. The van der Waals surface area contributed by atoms with Crippen LogP contribution in [-0.4, -0.2) is 25.2 Å². The van der Waals surface area contributed by atoms with Crippen LogP contribution in [0.25, 0.3) is 10.8 Å². The van der Waals surface area contributed by atoms with Crippen molar-refractivity contribution in [2.45, 2.75) is 18.9 Å². The van der Waals surface area contributed by atoms with Gasteiger partial charge >= 0.3 is 0 Å². The normalized spacial score (nSPS) is 15.3. The number of nitrogens with two attached hydrogens (primary N) is 1. The molecular weight excluding hydrogens is 250 g/mol. The van der Waals surface area contributed by atoms with E-state index in [1.54, 1.807) is 0 Å². The molecule has 4 nitrogen and oxygen atoms in total. The summed E-state index contributed by atoms with van der Waals surface area (Å²) in [5.74, 6) is 1.39. The Kier molecular flexibility index (Phi) is 3.72. The fourth-order valence-electron chi connectivity index (χ4n) is 2.07. The molecule has 0 amide bonds. The van der Waals surface area contributed by atoms with Crippen LogP contribution in [0.1, 0.15) is 12.8 Å². The molecule has 0 spiro atoms. The highest BCUT2D eigenvalue weighted by atomic mass is 16.5. The zero-order valence-electron chi connectivity index (χ0n) is 11.4. The molecule has 0 saturated heterocycles. The highest BCUT2D eigenvalue weighted by Gasteiger charge is 2.21. The van der Waals surface area contributed by atoms with Crippen LogP contribution in [0.3, 0.4) is 0 Å². The van der Waals surface area contributed by atoms with Crippen LogP contribution in [0.4, 0.5) is 0 Å². The molecule has 2 aromatic carbocycles. The van der Waals surface area contributed by atoms with Crippen molar-refractivity contribution in [1.29, 1.82) is 0 Å². The van der Waals surface area contributed by atoms with E-state index in [9.17, 15) is 0 Å². The van der Waals surface area contributed by atoms with Crippen LogP contribution >= 0.6 is 0 Å². The molecule has 4 heteroatoms. The SMILES string of the molecule is NC(=NCCOc1ccc2ccccc2c1)NC1CC1. The van der Waals surface area contributed by atoms with E-state index in [2.05, 4.69) is 28.5 Å². The molecular formula is C16H19N3O. The van der Waals surface area contributed by atoms with Gasteiger partial charge in [-0.1, -0.05) is 30.3 Å². The summed E-state index contributed by atoms with van der Waals surface area (Å²) >= 11 is 0. The number of hydrogen-bond acceptors (Lipinski definition) is 2. The largest absolute Gasteiger partial charge is 0.492 e. The molecule has 3 N–H and O–H groups in total. The number of guanidine groups is 1. The Balaban J connectivity index is 1.51. The molecule has 1 fully saturated rings. The van der Waals surface area contributed by atoms with E-state index >= 15 is 0 Å². The van der Waals surface area contributed by atoms with Gasteiger partial charge < -0.3 is 15.8 Å². The fraction of sp³-hybridized carbons (Fsp3) is 0.312. The predicted octanol–water partition coefficient (Wildman–Crippen LogP) is 2.29. The van der Waals surface area contributed by atoms with Gasteiger partial charge in [-0.25, -0.2) is 4.99 Å². The van der Waals surface area contributed by atoms with Crippen LogP contribution in [0.2, 0.25) is 0 Å². The quantitative estimate of drug-likeness (QED) is 0.497. The summed E-state index contributed by atoms with van der Waals surface area (Å²) in [4.78, 5) is 4.24. The van der Waals surface area contributed by atoms with Gasteiger partial charge in [-0.2, -0.15) is 0 Å². The summed E-state index contributed by atoms with van der Waals surface area (Å²) in [5, 5.41) is 5.55. The second-order valence-corrected chi connectivity index (χ2v) is 5.04. The lowest BCUT2D eigenvalue weighted by Crippen LogP contribution is -2.33. The number of rotatable bonds is 5. The number of hydrogen-bond donors (Lipinski definition) is 2. The van der Waals surface area contributed by atoms with Gasteiger partial charge in [0.25, 0.3) is 0 Å². The topological polar surface area (TPSA) is 59.6 Å². The van der Waals surface area contributed by atoms with Crippen molar-refractivity contribution in [3.63, 3.8) is 0 Å². The van der Waals surface area contributed by atoms with Gasteiger partial charge in [0.2, 0.25) is 0 Å². The molecule has 0 bridgehead atoms. The number of aliphatic imine (C=N–C) groups is 1. The number of ether oxygens (including phenoxy) is 1. The second-order valence-electron chi connectivity index (χ2n) is 5.04. The molecule has 0 radical (unpaired) electrons. The lowest BCUT2D eigenvalue weighted by Gasteiger charge is -2.07. The number of nitrogens with one attached hydrogen (secondary N) is 1. The van der Waals surface area contributed by atoms with Gasteiger partial charge in [0.15, 0.2) is 5.96 Å². The molecule has 20 heavy (non-hydrogen) atoms. The van der Waals surface area contributed by atoms with E-state index in [4.69, 9.17) is 10.5 Å². The maximum atomic E-state index is 5.75. The van der Waals surface area contributed by atoms with Crippen molar-refractivity contribution in [1.82, 2.24) is 5.32 Å². The lowest BCUT2D eigenvalue weighted by molar-refractivity contribution is 0.329. The minimum absolute atomic E-state index is 0.523. The van der Waals surface area contributed by atoms with Crippen molar-refractivity contribution in [2.75, 3.05) is 13.2 Å². The van der Waals surface area contributed by atoms with Crippen molar-refractivity contribution in [2.24, 2.45) is 10.7 Å². The Morgan fingerprint density at radius 2 is 2.00 bits per heavy atom. The molecule has 3 rings (SSSR count). The Hall–Kier alpha value is -2.23. The first kappa shape index (κ1) is 12.8. The van der Waals surface area contributed by atoms with Crippen LogP contribution in [0.5, 0.6) is 5.75 Å². The summed E-state index contributed by atoms with van der Waals surface area (Å²) in [7, 11) is 0. The molecule has 0 atom stereocenters. The summed E-state index contributed by atoms with van der Waals surface area (Å²) in [6.07, 6.45) is 2.40. The van der Waals surface area contributed by atoms with Gasteiger partial charge in [0, 0.05) is 6.04 Å². The molecule has 1 saturated carbocycles. The minimum atomic E-state index is 0.523. The molecule has 1 aliphatic rings. The predicted molar refractivity (Wildman–Crippen MR) is 82.1 cm³/mol.